The predicted molar refractivity (Wildman–Crippen MR) is 70.9 cm³/mol. The molecule has 0 aliphatic heterocycles. The highest BCUT2D eigenvalue weighted by atomic mass is 35.5. The first-order valence-electron chi connectivity index (χ1n) is 5.69. The maximum Gasteiger partial charge on any atom is 0.253 e. The fourth-order valence-corrected chi connectivity index (χ4v) is 1.94. The highest BCUT2D eigenvalue weighted by molar-refractivity contribution is 6.33. The van der Waals surface area contributed by atoms with Crippen LogP contribution in [0.4, 0.5) is 0 Å². The van der Waals surface area contributed by atoms with Crippen LogP contribution in [0, 0.1) is 0 Å². The summed E-state index contributed by atoms with van der Waals surface area (Å²) >= 11 is 5.96. The maximum absolute atomic E-state index is 12.1. The molecule has 0 fully saturated rings. The van der Waals surface area contributed by atoms with E-state index in [2.05, 4.69) is 5.32 Å². The third-order valence-electron chi connectivity index (χ3n) is 2.66. The number of carbonyl (C=O) groups is 1. The van der Waals surface area contributed by atoms with Gasteiger partial charge in [-0.1, -0.05) is 23.7 Å². The summed E-state index contributed by atoms with van der Waals surface area (Å²) in [6, 6.07) is 6.84. The summed E-state index contributed by atoms with van der Waals surface area (Å²) in [5, 5.41) is 12.3. The number of rotatable bonds is 6. The van der Waals surface area contributed by atoms with Crippen LogP contribution in [-0.4, -0.2) is 36.9 Å². The number of hydrogen-bond donors (Lipinski definition) is 2. The zero-order chi connectivity index (χ0) is 13.6. The zero-order valence-electron chi connectivity index (χ0n) is 10.6. The molecule has 18 heavy (non-hydrogen) atoms. The van der Waals surface area contributed by atoms with E-state index in [0.29, 0.717) is 23.6 Å². The number of benzene rings is 1. The second-order valence-electron chi connectivity index (χ2n) is 4.40. The quantitative estimate of drug-likeness (QED) is 0.830. The molecule has 0 aliphatic carbocycles. The maximum atomic E-state index is 12.1. The van der Waals surface area contributed by atoms with Crippen molar-refractivity contribution < 1.29 is 14.6 Å². The van der Waals surface area contributed by atoms with Gasteiger partial charge in [-0.25, -0.2) is 0 Å². The van der Waals surface area contributed by atoms with Crippen LogP contribution in [0.15, 0.2) is 24.3 Å². The van der Waals surface area contributed by atoms with Crippen molar-refractivity contribution in [3.63, 3.8) is 0 Å². The molecule has 1 aromatic carbocycles. The van der Waals surface area contributed by atoms with Crippen LogP contribution >= 0.6 is 11.6 Å². The van der Waals surface area contributed by atoms with Gasteiger partial charge in [0.25, 0.3) is 5.91 Å². The number of carbonyl (C=O) groups excluding carboxylic acids is 1. The number of ether oxygens (including phenoxy) is 1. The molecule has 4 nitrogen and oxygen atoms in total. The molecule has 0 saturated heterocycles. The number of amides is 1. The van der Waals surface area contributed by atoms with Crippen molar-refractivity contribution in [1.29, 1.82) is 0 Å². The largest absolute Gasteiger partial charge is 0.396 e. The number of halogens is 1. The number of hydrogen-bond acceptors (Lipinski definition) is 3. The minimum Gasteiger partial charge on any atom is -0.396 e. The van der Waals surface area contributed by atoms with E-state index in [1.807, 2.05) is 6.92 Å². The average molecular weight is 272 g/mol. The number of aliphatic hydroxyl groups excluding tert-OH is 1. The van der Waals surface area contributed by atoms with Crippen LogP contribution in [0.25, 0.3) is 0 Å². The lowest BCUT2D eigenvalue weighted by molar-refractivity contribution is 0.0726. The summed E-state index contributed by atoms with van der Waals surface area (Å²) in [7, 11) is 1.55. The van der Waals surface area contributed by atoms with Crippen molar-refractivity contribution >= 4 is 17.5 Å². The van der Waals surface area contributed by atoms with Crippen molar-refractivity contribution in [2.75, 3.05) is 20.3 Å². The molecule has 0 aliphatic rings. The molecule has 1 amide bonds. The van der Waals surface area contributed by atoms with Gasteiger partial charge >= 0.3 is 0 Å². The van der Waals surface area contributed by atoms with E-state index in [1.54, 1.807) is 31.4 Å². The van der Waals surface area contributed by atoms with E-state index < -0.39 is 5.54 Å². The minimum atomic E-state index is -0.611. The molecule has 0 radical (unpaired) electrons. The molecule has 0 bridgehead atoms. The van der Waals surface area contributed by atoms with Gasteiger partial charge in [-0.05, 0) is 25.5 Å². The molecule has 1 aromatic rings. The fraction of sp³-hybridized carbons (Fsp3) is 0.462. The second kappa shape index (κ2) is 6.73. The van der Waals surface area contributed by atoms with Crippen molar-refractivity contribution in [3.8, 4) is 0 Å². The first kappa shape index (κ1) is 15.0. The van der Waals surface area contributed by atoms with E-state index >= 15 is 0 Å². The Balaban J connectivity index is 2.82. The van der Waals surface area contributed by atoms with Crippen LogP contribution < -0.4 is 5.32 Å². The van der Waals surface area contributed by atoms with Gasteiger partial charge < -0.3 is 15.2 Å². The summed E-state index contributed by atoms with van der Waals surface area (Å²) in [5.74, 6) is -0.270. The zero-order valence-corrected chi connectivity index (χ0v) is 11.3. The van der Waals surface area contributed by atoms with Crippen molar-refractivity contribution in [1.82, 2.24) is 5.32 Å². The number of methoxy groups -OCH3 is 1. The SMILES string of the molecule is COCC(C)(CCO)NC(=O)c1ccccc1Cl. The van der Waals surface area contributed by atoms with Gasteiger partial charge in [0.15, 0.2) is 0 Å². The molecule has 2 N–H and O–H groups in total. The lowest BCUT2D eigenvalue weighted by Crippen LogP contribution is -2.50. The molecule has 100 valence electrons. The Morgan fingerprint density at radius 2 is 2.17 bits per heavy atom. The summed E-state index contributed by atoms with van der Waals surface area (Å²) in [5.41, 5.74) is -0.195. The molecule has 0 heterocycles. The third kappa shape index (κ3) is 3.98. The van der Waals surface area contributed by atoms with Crippen LogP contribution in [0.5, 0.6) is 0 Å². The van der Waals surface area contributed by atoms with E-state index in [1.165, 1.54) is 0 Å². The second-order valence-corrected chi connectivity index (χ2v) is 4.81. The Morgan fingerprint density at radius 1 is 1.50 bits per heavy atom. The Bertz CT molecular complexity index is 403. The fourth-order valence-electron chi connectivity index (χ4n) is 1.72. The van der Waals surface area contributed by atoms with Gasteiger partial charge in [-0.3, -0.25) is 4.79 Å². The summed E-state index contributed by atoms with van der Waals surface area (Å²) < 4.78 is 5.07. The normalized spacial score (nSPS) is 14.0. The highest BCUT2D eigenvalue weighted by Gasteiger charge is 2.26. The Morgan fingerprint density at radius 3 is 2.72 bits per heavy atom. The molecule has 0 saturated carbocycles. The topological polar surface area (TPSA) is 58.6 Å². The van der Waals surface area contributed by atoms with Gasteiger partial charge in [0, 0.05) is 13.7 Å². The van der Waals surface area contributed by atoms with E-state index in [4.69, 9.17) is 21.4 Å². The summed E-state index contributed by atoms with van der Waals surface area (Å²) in [4.78, 5) is 12.1. The number of aliphatic hydroxyl groups is 1. The van der Waals surface area contributed by atoms with E-state index in [-0.39, 0.29) is 12.5 Å². The Labute approximate surface area is 112 Å². The summed E-state index contributed by atoms with van der Waals surface area (Å²) in [6.07, 6.45) is 0.414. The van der Waals surface area contributed by atoms with E-state index in [9.17, 15) is 4.79 Å². The molecular formula is C13H18ClNO3. The molecule has 0 spiro atoms. The van der Waals surface area contributed by atoms with Crippen LogP contribution in [-0.2, 0) is 4.74 Å². The molecular weight excluding hydrogens is 254 g/mol. The highest BCUT2D eigenvalue weighted by Crippen LogP contribution is 2.17. The molecule has 1 unspecified atom stereocenters. The average Bonchev–Trinajstić information content (AvgIpc) is 2.29. The van der Waals surface area contributed by atoms with Gasteiger partial charge in [0.05, 0.1) is 22.7 Å². The van der Waals surface area contributed by atoms with Crippen LogP contribution in [0.1, 0.15) is 23.7 Å². The minimum absolute atomic E-state index is 0.0251. The molecule has 1 rings (SSSR count). The number of nitrogens with one attached hydrogen (secondary N) is 1. The van der Waals surface area contributed by atoms with Gasteiger partial charge in [0.1, 0.15) is 0 Å². The van der Waals surface area contributed by atoms with Gasteiger partial charge in [-0.2, -0.15) is 0 Å². The standard InChI is InChI=1S/C13H18ClNO3/c1-13(7-8-16,9-18-2)15-12(17)10-5-3-4-6-11(10)14/h3-6,16H,7-9H2,1-2H3,(H,15,17). The van der Waals surface area contributed by atoms with Gasteiger partial charge in [-0.15, -0.1) is 0 Å². The predicted octanol–water partition coefficient (Wildman–Crippen LogP) is 1.86. The first-order chi connectivity index (χ1) is 8.52. The van der Waals surface area contributed by atoms with Crippen LogP contribution in [0.2, 0.25) is 5.02 Å². The molecule has 0 aromatic heterocycles. The first-order valence-corrected chi connectivity index (χ1v) is 6.07. The van der Waals surface area contributed by atoms with E-state index in [0.717, 1.165) is 0 Å². The Kier molecular flexibility index (Phi) is 5.59. The summed E-state index contributed by atoms with van der Waals surface area (Å²) in [6.45, 7) is 2.12. The Hall–Kier alpha value is -1.10. The van der Waals surface area contributed by atoms with Crippen molar-refractivity contribution in [3.05, 3.63) is 34.9 Å². The van der Waals surface area contributed by atoms with Crippen LogP contribution in [0.3, 0.4) is 0 Å². The lowest BCUT2D eigenvalue weighted by atomic mass is 9.98. The molecule has 1 atom stereocenters. The smallest absolute Gasteiger partial charge is 0.253 e. The third-order valence-corrected chi connectivity index (χ3v) is 2.99. The molecule has 5 heteroatoms. The lowest BCUT2D eigenvalue weighted by Gasteiger charge is -2.29. The van der Waals surface area contributed by atoms with Crippen molar-refractivity contribution in [2.24, 2.45) is 0 Å². The van der Waals surface area contributed by atoms with Gasteiger partial charge in [0.2, 0.25) is 0 Å². The monoisotopic (exact) mass is 271 g/mol. The van der Waals surface area contributed by atoms with Crippen molar-refractivity contribution in [2.45, 2.75) is 18.9 Å².